The third-order valence-corrected chi connectivity index (χ3v) is 4.72. The number of carbonyl (C=O) groups is 1. The average molecular weight is 385 g/mol. The molecule has 0 saturated carbocycles. The minimum atomic E-state index is -0.0956. The topological polar surface area (TPSA) is 64.4 Å². The molecule has 1 aromatic heterocycles. The van der Waals surface area contributed by atoms with E-state index >= 15 is 0 Å². The number of halogens is 1. The number of amides is 1. The quantitative estimate of drug-likeness (QED) is 0.807. The lowest BCUT2D eigenvalue weighted by Gasteiger charge is -2.31. The van der Waals surface area contributed by atoms with Gasteiger partial charge < -0.3 is 28.4 Å². The molecule has 1 aromatic carbocycles. The first-order chi connectivity index (χ1) is 12.0. The maximum atomic E-state index is 12.9. The predicted molar refractivity (Wildman–Crippen MR) is 101 cm³/mol. The predicted octanol–water partition coefficient (Wildman–Crippen LogP) is 2.58. The van der Waals surface area contributed by atoms with E-state index in [2.05, 4.69) is 11.9 Å². The number of aryl methyl sites for hydroxylation is 1. The third-order valence-electron chi connectivity index (χ3n) is 4.72. The van der Waals surface area contributed by atoms with Gasteiger partial charge in [-0.25, -0.2) is 0 Å². The van der Waals surface area contributed by atoms with Crippen molar-refractivity contribution in [1.82, 2.24) is 9.80 Å². The van der Waals surface area contributed by atoms with Crippen molar-refractivity contribution >= 4 is 29.3 Å². The summed E-state index contributed by atoms with van der Waals surface area (Å²) in [6, 6.07) is 1.82. The van der Waals surface area contributed by atoms with Gasteiger partial charge in [-0.15, -0.1) is 12.4 Å². The molecular weight excluding hydrogens is 360 g/mol. The Kier molecular flexibility index (Phi) is 6.26. The summed E-state index contributed by atoms with van der Waals surface area (Å²) in [4.78, 5) is 16.9. The first-order valence-corrected chi connectivity index (χ1v) is 8.21. The van der Waals surface area contributed by atoms with Crippen LogP contribution in [0.2, 0.25) is 0 Å². The number of piperazine rings is 1. The number of ether oxygens (including phenoxy) is 3. The fourth-order valence-corrected chi connectivity index (χ4v) is 3.17. The van der Waals surface area contributed by atoms with Crippen LogP contribution in [0, 0.1) is 6.92 Å². The molecule has 144 valence electrons. The molecule has 1 fully saturated rings. The van der Waals surface area contributed by atoms with Crippen LogP contribution in [0.25, 0.3) is 11.0 Å². The molecule has 7 nitrogen and oxygen atoms in total. The monoisotopic (exact) mass is 384 g/mol. The van der Waals surface area contributed by atoms with Crippen LogP contribution in [0.5, 0.6) is 17.2 Å². The molecule has 0 spiro atoms. The fourth-order valence-electron chi connectivity index (χ4n) is 3.17. The van der Waals surface area contributed by atoms with Gasteiger partial charge in [-0.05, 0) is 20.0 Å². The number of hydrogen-bond donors (Lipinski definition) is 0. The zero-order chi connectivity index (χ0) is 18.1. The summed E-state index contributed by atoms with van der Waals surface area (Å²) < 4.78 is 22.2. The zero-order valence-corrected chi connectivity index (χ0v) is 16.6. The molecule has 8 heteroatoms. The Morgan fingerprint density at radius 1 is 1.04 bits per heavy atom. The minimum Gasteiger partial charge on any atom is -0.493 e. The van der Waals surface area contributed by atoms with Crippen LogP contribution in [0.3, 0.4) is 0 Å². The molecule has 0 bridgehead atoms. The maximum Gasteiger partial charge on any atom is 0.289 e. The summed E-state index contributed by atoms with van der Waals surface area (Å²) in [5.41, 5.74) is 1.27. The van der Waals surface area contributed by atoms with Gasteiger partial charge in [0.1, 0.15) is 0 Å². The number of carbonyl (C=O) groups excluding carboxylic acids is 1. The number of benzene rings is 1. The molecule has 0 N–H and O–H groups in total. The summed E-state index contributed by atoms with van der Waals surface area (Å²) in [6.45, 7) is 4.97. The molecule has 1 aliphatic heterocycles. The van der Waals surface area contributed by atoms with E-state index in [0.29, 0.717) is 41.7 Å². The SMILES string of the molecule is COc1cc2c(C)c(C(=O)N3CCN(C)CC3)oc2c(OC)c1OC.Cl. The summed E-state index contributed by atoms with van der Waals surface area (Å²) >= 11 is 0. The van der Waals surface area contributed by atoms with Crippen LogP contribution in [0.4, 0.5) is 0 Å². The molecule has 1 amide bonds. The van der Waals surface area contributed by atoms with Gasteiger partial charge >= 0.3 is 0 Å². The second-order valence-corrected chi connectivity index (χ2v) is 6.17. The molecule has 0 unspecified atom stereocenters. The van der Waals surface area contributed by atoms with E-state index in [1.165, 1.54) is 14.2 Å². The van der Waals surface area contributed by atoms with Crippen molar-refractivity contribution in [2.75, 3.05) is 54.6 Å². The lowest BCUT2D eigenvalue weighted by atomic mass is 10.1. The summed E-state index contributed by atoms with van der Waals surface area (Å²) in [5, 5.41) is 0.784. The van der Waals surface area contributed by atoms with E-state index in [1.54, 1.807) is 7.11 Å². The number of hydrogen-bond acceptors (Lipinski definition) is 6. The lowest BCUT2D eigenvalue weighted by molar-refractivity contribution is 0.0633. The van der Waals surface area contributed by atoms with Crippen LogP contribution in [0.15, 0.2) is 10.5 Å². The maximum absolute atomic E-state index is 12.9. The first-order valence-electron chi connectivity index (χ1n) is 8.21. The van der Waals surface area contributed by atoms with Crippen molar-refractivity contribution < 1.29 is 23.4 Å². The molecule has 2 heterocycles. The van der Waals surface area contributed by atoms with E-state index in [0.717, 1.165) is 24.0 Å². The van der Waals surface area contributed by atoms with Gasteiger partial charge in [-0.1, -0.05) is 0 Å². The van der Waals surface area contributed by atoms with Gasteiger partial charge in [0.05, 0.1) is 21.3 Å². The van der Waals surface area contributed by atoms with E-state index in [9.17, 15) is 4.79 Å². The standard InChI is InChI=1S/C18H24N2O5.ClH/c1-11-12-10-13(22-3)16(23-4)17(24-5)15(12)25-14(11)18(21)20-8-6-19(2)7-9-20;/h10H,6-9H2,1-5H3;1H. The number of methoxy groups -OCH3 is 3. The highest BCUT2D eigenvalue weighted by molar-refractivity contribution is 6.01. The lowest BCUT2D eigenvalue weighted by Crippen LogP contribution is -2.47. The van der Waals surface area contributed by atoms with Crippen LogP contribution in [-0.4, -0.2) is 70.3 Å². The van der Waals surface area contributed by atoms with E-state index in [-0.39, 0.29) is 18.3 Å². The Hall–Kier alpha value is -2.12. The molecule has 1 saturated heterocycles. The van der Waals surface area contributed by atoms with Gasteiger partial charge in [0, 0.05) is 37.1 Å². The molecule has 1 aliphatic rings. The van der Waals surface area contributed by atoms with Crippen molar-refractivity contribution in [2.45, 2.75) is 6.92 Å². The van der Waals surface area contributed by atoms with Gasteiger partial charge in [0.25, 0.3) is 5.91 Å². The number of rotatable bonds is 4. The Labute approximate surface area is 159 Å². The van der Waals surface area contributed by atoms with Crippen LogP contribution >= 0.6 is 12.4 Å². The van der Waals surface area contributed by atoms with Crippen LogP contribution in [-0.2, 0) is 0 Å². The zero-order valence-electron chi connectivity index (χ0n) is 15.7. The van der Waals surface area contributed by atoms with Crippen LogP contribution < -0.4 is 14.2 Å². The Balaban J connectivity index is 0.00000243. The summed E-state index contributed by atoms with van der Waals surface area (Å²) in [6.07, 6.45) is 0. The first kappa shape index (κ1) is 20.2. The van der Waals surface area contributed by atoms with E-state index in [4.69, 9.17) is 18.6 Å². The highest BCUT2D eigenvalue weighted by Crippen LogP contribution is 2.45. The van der Waals surface area contributed by atoms with Gasteiger partial charge in [0.2, 0.25) is 11.5 Å². The largest absolute Gasteiger partial charge is 0.493 e. The van der Waals surface area contributed by atoms with Gasteiger partial charge in [-0.2, -0.15) is 0 Å². The van der Waals surface area contributed by atoms with Crippen molar-refractivity contribution in [3.8, 4) is 17.2 Å². The van der Waals surface area contributed by atoms with E-state index < -0.39 is 0 Å². The Bertz CT molecular complexity index is 797. The second kappa shape index (κ2) is 8.05. The number of likely N-dealkylation sites (N-methyl/N-ethyl adjacent to an activating group) is 1. The van der Waals surface area contributed by atoms with Gasteiger partial charge in [-0.3, -0.25) is 4.79 Å². The van der Waals surface area contributed by atoms with Crippen molar-refractivity contribution in [1.29, 1.82) is 0 Å². The summed E-state index contributed by atoms with van der Waals surface area (Å²) in [7, 11) is 6.70. The van der Waals surface area contributed by atoms with Crippen molar-refractivity contribution in [3.05, 3.63) is 17.4 Å². The molecule has 2 aromatic rings. The molecule has 0 atom stereocenters. The fraction of sp³-hybridized carbons (Fsp3) is 0.500. The smallest absolute Gasteiger partial charge is 0.289 e. The van der Waals surface area contributed by atoms with Gasteiger partial charge in [0.15, 0.2) is 17.1 Å². The van der Waals surface area contributed by atoms with Crippen molar-refractivity contribution in [2.24, 2.45) is 0 Å². The normalized spacial score (nSPS) is 14.9. The summed E-state index contributed by atoms with van der Waals surface area (Å²) in [5.74, 6) is 1.66. The average Bonchev–Trinajstić information content (AvgIpc) is 2.96. The highest BCUT2D eigenvalue weighted by Gasteiger charge is 2.28. The molecule has 0 aliphatic carbocycles. The Morgan fingerprint density at radius 2 is 1.65 bits per heavy atom. The third kappa shape index (κ3) is 3.29. The minimum absolute atomic E-state index is 0. The van der Waals surface area contributed by atoms with Crippen LogP contribution in [0.1, 0.15) is 16.1 Å². The second-order valence-electron chi connectivity index (χ2n) is 6.17. The molecule has 3 rings (SSSR count). The highest BCUT2D eigenvalue weighted by atomic mass is 35.5. The molecule has 26 heavy (non-hydrogen) atoms. The van der Waals surface area contributed by atoms with Crippen molar-refractivity contribution in [3.63, 3.8) is 0 Å². The number of nitrogens with zero attached hydrogens (tertiary/aromatic N) is 2. The number of fused-ring (bicyclic) bond motifs is 1. The number of furan rings is 1. The molecular formula is C18H25ClN2O5. The Morgan fingerprint density at radius 3 is 2.19 bits per heavy atom. The van der Waals surface area contributed by atoms with E-state index in [1.807, 2.05) is 17.9 Å². The molecule has 0 radical (unpaired) electrons.